The van der Waals surface area contributed by atoms with Crippen molar-refractivity contribution in [2.75, 3.05) is 50.7 Å². The highest BCUT2D eigenvalue weighted by Crippen LogP contribution is 2.19. The number of likely N-dealkylation sites (tertiary alicyclic amines) is 1. The Labute approximate surface area is 201 Å². The van der Waals surface area contributed by atoms with Gasteiger partial charge in [-0.25, -0.2) is 4.98 Å². The molecular formula is C20H36IN7OS. The molecule has 3 heterocycles. The van der Waals surface area contributed by atoms with Gasteiger partial charge in [-0.05, 0) is 33.1 Å². The Bertz CT molecular complexity index is 690. The number of hydrogen-bond donors (Lipinski definition) is 1. The number of carbonyl (C=O) groups excluding carboxylic acids is 1. The van der Waals surface area contributed by atoms with E-state index in [-0.39, 0.29) is 29.9 Å². The number of rotatable bonds is 6. The number of nitrogens with one attached hydrogen (secondary N) is 1. The van der Waals surface area contributed by atoms with E-state index in [0.29, 0.717) is 19.0 Å². The Hall–Kier alpha value is -1.17. The summed E-state index contributed by atoms with van der Waals surface area (Å²) in [5.41, 5.74) is 0. The first-order valence-electron chi connectivity index (χ1n) is 11.0. The number of carbonyl (C=O) groups is 1. The van der Waals surface area contributed by atoms with Gasteiger partial charge in [-0.1, -0.05) is 6.92 Å². The first kappa shape index (κ1) is 25.1. The summed E-state index contributed by atoms with van der Waals surface area (Å²) in [5.74, 6) is 2.08. The Morgan fingerprint density at radius 3 is 2.60 bits per heavy atom. The molecule has 0 spiro atoms. The first-order valence-corrected chi connectivity index (χ1v) is 11.8. The van der Waals surface area contributed by atoms with Crippen molar-refractivity contribution in [3.63, 3.8) is 0 Å². The van der Waals surface area contributed by atoms with E-state index in [9.17, 15) is 4.79 Å². The van der Waals surface area contributed by atoms with Crippen molar-refractivity contribution < 1.29 is 4.79 Å². The number of anilines is 1. The van der Waals surface area contributed by atoms with Crippen LogP contribution in [0.4, 0.5) is 5.13 Å². The second-order valence-electron chi connectivity index (χ2n) is 7.74. The predicted molar refractivity (Wildman–Crippen MR) is 134 cm³/mol. The number of nitrogens with zero attached hydrogens (tertiary/aromatic N) is 6. The smallest absolute Gasteiger partial charge is 0.224 e. The second-order valence-corrected chi connectivity index (χ2v) is 8.47. The predicted octanol–water partition coefficient (Wildman–Crippen LogP) is 2.60. The summed E-state index contributed by atoms with van der Waals surface area (Å²) in [6, 6.07) is 0.370. The topological polar surface area (TPSA) is 77.0 Å². The molecule has 8 nitrogen and oxygen atoms in total. The van der Waals surface area contributed by atoms with Crippen molar-refractivity contribution >= 4 is 52.5 Å². The van der Waals surface area contributed by atoms with Gasteiger partial charge in [0.15, 0.2) is 5.96 Å². The lowest BCUT2D eigenvalue weighted by atomic mass is 10.0. The molecule has 30 heavy (non-hydrogen) atoms. The highest BCUT2D eigenvalue weighted by molar-refractivity contribution is 14.0. The Morgan fingerprint density at radius 2 is 1.97 bits per heavy atom. The standard InChI is InChI=1S/C20H35N7OS.HI/c1-4-17-23-20(29-24-17)26-14-12-25(13-15-26)19(21-5-2)22-10-9-18(28)27-11-7-6-8-16(27)3;/h16H,4-15H2,1-3H3,(H,21,22);1H. The van der Waals surface area contributed by atoms with Crippen LogP contribution in [0.1, 0.15) is 52.3 Å². The third-order valence-electron chi connectivity index (χ3n) is 5.67. The fraction of sp³-hybridized carbons (Fsp3) is 0.800. The summed E-state index contributed by atoms with van der Waals surface area (Å²) in [6.45, 7) is 12.2. The zero-order valence-electron chi connectivity index (χ0n) is 18.5. The summed E-state index contributed by atoms with van der Waals surface area (Å²) >= 11 is 1.49. The average molecular weight is 550 g/mol. The van der Waals surface area contributed by atoms with Crippen LogP contribution in [-0.2, 0) is 11.2 Å². The molecule has 2 fully saturated rings. The first-order chi connectivity index (χ1) is 14.1. The van der Waals surface area contributed by atoms with E-state index in [1.54, 1.807) is 0 Å². The summed E-state index contributed by atoms with van der Waals surface area (Å²) in [6.07, 6.45) is 4.85. The molecule has 1 atom stereocenters. The minimum atomic E-state index is 0. The van der Waals surface area contributed by atoms with Gasteiger partial charge >= 0.3 is 0 Å². The van der Waals surface area contributed by atoms with E-state index in [1.807, 2.05) is 4.90 Å². The van der Waals surface area contributed by atoms with Crippen LogP contribution in [0.5, 0.6) is 0 Å². The number of halogens is 1. The molecule has 1 N–H and O–H groups in total. The zero-order valence-corrected chi connectivity index (χ0v) is 21.6. The van der Waals surface area contributed by atoms with E-state index < -0.39 is 0 Å². The van der Waals surface area contributed by atoms with Gasteiger partial charge in [0.05, 0.1) is 6.54 Å². The quantitative estimate of drug-likeness (QED) is 0.334. The number of hydrogen-bond acceptors (Lipinski definition) is 6. The summed E-state index contributed by atoms with van der Waals surface area (Å²) in [7, 11) is 0. The van der Waals surface area contributed by atoms with Crippen LogP contribution in [0.25, 0.3) is 0 Å². The minimum Gasteiger partial charge on any atom is -0.357 e. The van der Waals surface area contributed by atoms with Gasteiger partial charge in [-0.15, -0.1) is 24.0 Å². The van der Waals surface area contributed by atoms with Crippen LogP contribution in [0.15, 0.2) is 4.99 Å². The Kier molecular flexibility index (Phi) is 10.6. The second kappa shape index (κ2) is 12.6. The molecule has 3 rings (SSSR count). The molecule has 1 aromatic rings. The van der Waals surface area contributed by atoms with Crippen molar-refractivity contribution in [1.29, 1.82) is 0 Å². The molecule has 1 amide bonds. The fourth-order valence-electron chi connectivity index (χ4n) is 3.92. The average Bonchev–Trinajstić information content (AvgIpc) is 3.23. The van der Waals surface area contributed by atoms with Gasteiger partial charge in [0.25, 0.3) is 0 Å². The summed E-state index contributed by atoms with van der Waals surface area (Å²) in [5, 5.41) is 4.41. The van der Waals surface area contributed by atoms with Crippen LogP contribution in [-0.4, -0.2) is 82.9 Å². The number of piperazine rings is 1. The normalized spacial score (nSPS) is 20.2. The number of aryl methyl sites for hydroxylation is 1. The van der Waals surface area contributed by atoms with Crippen molar-refractivity contribution in [1.82, 2.24) is 24.5 Å². The molecule has 2 aliphatic heterocycles. The molecule has 170 valence electrons. The van der Waals surface area contributed by atoms with Crippen molar-refractivity contribution in [3.8, 4) is 0 Å². The van der Waals surface area contributed by atoms with Crippen LogP contribution < -0.4 is 10.2 Å². The lowest BCUT2D eigenvalue weighted by Crippen LogP contribution is -2.52. The third-order valence-corrected chi connectivity index (χ3v) is 6.48. The van der Waals surface area contributed by atoms with Gasteiger partial charge in [0, 0.05) is 69.7 Å². The molecule has 0 radical (unpaired) electrons. The summed E-state index contributed by atoms with van der Waals surface area (Å²) < 4.78 is 4.40. The van der Waals surface area contributed by atoms with E-state index >= 15 is 0 Å². The van der Waals surface area contributed by atoms with Crippen LogP contribution in [0.3, 0.4) is 0 Å². The monoisotopic (exact) mass is 549 g/mol. The number of amides is 1. The molecule has 1 aromatic heterocycles. The summed E-state index contributed by atoms with van der Waals surface area (Å²) in [4.78, 5) is 28.5. The van der Waals surface area contributed by atoms with E-state index in [4.69, 9.17) is 4.99 Å². The SMILES string of the molecule is CCNC(=NCCC(=O)N1CCCCC1C)N1CCN(c2nc(CC)ns2)CC1.I. The minimum absolute atomic E-state index is 0. The van der Waals surface area contributed by atoms with Gasteiger partial charge in [0.1, 0.15) is 5.82 Å². The van der Waals surface area contributed by atoms with Crippen LogP contribution in [0, 0.1) is 0 Å². The highest BCUT2D eigenvalue weighted by atomic mass is 127. The lowest BCUT2D eigenvalue weighted by molar-refractivity contribution is -0.134. The van der Waals surface area contributed by atoms with E-state index in [1.165, 1.54) is 18.0 Å². The molecular weight excluding hydrogens is 513 g/mol. The third kappa shape index (κ3) is 6.66. The van der Waals surface area contributed by atoms with Crippen LogP contribution in [0.2, 0.25) is 0 Å². The van der Waals surface area contributed by atoms with E-state index in [0.717, 1.165) is 75.4 Å². The molecule has 2 saturated heterocycles. The number of piperidine rings is 1. The van der Waals surface area contributed by atoms with Gasteiger partial charge < -0.3 is 20.0 Å². The maximum atomic E-state index is 12.6. The molecule has 0 aliphatic carbocycles. The van der Waals surface area contributed by atoms with Gasteiger partial charge in [0.2, 0.25) is 11.0 Å². The Morgan fingerprint density at radius 1 is 1.20 bits per heavy atom. The van der Waals surface area contributed by atoms with Crippen molar-refractivity contribution in [2.24, 2.45) is 4.99 Å². The van der Waals surface area contributed by atoms with Crippen molar-refractivity contribution in [3.05, 3.63) is 5.82 Å². The van der Waals surface area contributed by atoms with Crippen molar-refractivity contribution in [2.45, 2.75) is 58.9 Å². The largest absolute Gasteiger partial charge is 0.357 e. The number of aromatic nitrogens is 2. The zero-order chi connectivity index (χ0) is 20.6. The highest BCUT2D eigenvalue weighted by Gasteiger charge is 2.24. The molecule has 0 saturated carbocycles. The fourth-order valence-corrected chi connectivity index (χ4v) is 4.72. The molecule has 2 aliphatic rings. The molecule has 0 aromatic carbocycles. The number of guanidine groups is 1. The maximum absolute atomic E-state index is 12.6. The van der Waals surface area contributed by atoms with Gasteiger partial charge in [-0.3, -0.25) is 9.79 Å². The molecule has 10 heteroatoms. The maximum Gasteiger partial charge on any atom is 0.224 e. The lowest BCUT2D eigenvalue weighted by Gasteiger charge is -2.36. The number of aliphatic imine (C=N–C) groups is 1. The molecule has 1 unspecified atom stereocenters. The van der Waals surface area contributed by atoms with E-state index in [2.05, 4.69) is 45.2 Å². The Balaban J connectivity index is 0.00000320. The van der Waals surface area contributed by atoms with Gasteiger partial charge in [-0.2, -0.15) is 4.37 Å². The van der Waals surface area contributed by atoms with Crippen LogP contribution >= 0.6 is 35.5 Å². The molecule has 0 bridgehead atoms.